The Hall–Kier alpha value is -1.77. The molecular weight excluding hydrogens is 412 g/mol. The summed E-state index contributed by atoms with van der Waals surface area (Å²) in [4.78, 5) is 17.2. The van der Waals surface area contributed by atoms with Crippen LogP contribution >= 0.6 is 27.3 Å². The van der Waals surface area contributed by atoms with Crippen molar-refractivity contribution in [3.8, 4) is 0 Å². The molecule has 0 N–H and O–H groups in total. The van der Waals surface area contributed by atoms with Crippen molar-refractivity contribution in [1.82, 2.24) is 4.57 Å². The molecule has 24 heavy (non-hydrogen) atoms. The summed E-state index contributed by atoms with van der Waals surface area (Å²) in [5.41, 5.74) is 1.03. The molecule has 0 unspecified atom stereocenters. The van der Waals surface area contributed by atoms with Crippen LogP contribution in [-0.2, 0) is 16.9 Å². The summed E-state index contributed by atoms with van der Waals surface area (Å²) in [5, 5.41) is 0. The lowest BCUT2D eigenvalue weighted by atomic mass is 10.2. The van der Waals surface area contributed by atoms with Gasteiger partial charge in [-0.2, -0.15) is 4.99 Å². The van der Waals surface area contributed by atoms with E-state index in [4.69, 9.17) is 0 Å². The number of benzene rings is 2. The topological polar surface area (TPSA) is 68.5 Å². The van der Waals surface area contributed by atoms with Gasteiger partial charge in [-0.25, -0.2) is 8.42 Å². The monoisotopic (exact) mass is 424 g/mol. The fourth-order valence-corrected chi connectivity index (χ4v) is 4.78. The van der Waals surface area contributed by atoms with Crippen molar-refractivity contribution in [2.75, 3.05) is 6.26 Å². The molecule has 0 aliphatic rings. The summed E-state index contributed by atoms with van der Waals surface area (Å²) in [7, 11) is -1.68. The van der Waals surface area contributed by atoms with Gasteiger partial charge < -0.3 is 4.57 Å². The number of carbonyl (C=O) groups is 1. The number of hydrogen-bond donors (Lipinski definition) is 0. The van der Waals surface area contributed by atoms with Crippen LogP contribution in [0.4, 0.5) is 0 Å². The standard InChI is InChI=1S/C16H13BrN2O3S2/c1-19-12-8-7-10(17)9-13(12)23-16(19)18-15(20)11-5-3-4-6-14(11)24(2,21)22/h3-9H,1-2H3. The summed E-state index contributed by atoms with van der Waals surface area (Å²) in [6.45, 7) is 0. The summed E-state index contributed by atoms with van der Waals surface area (Å²) in [5.74, 6) is -0.572. The molecule has 5 nitrogen and oxygen atoms in total. The number of halogens is 1. The lowest BCUT2D eigenvalue weighted by molar-refractivity contribution is 0.0995. The van der Waals surface area contributed by atoms with E-state index in [0.29, 0.717) is 4.80 Å². The van der Waals surface area contributed by atoms with Crippen molar-refractivity contribution in [3.63, 3.8) is 0 Å². The first-order valence-electron chi connectivity index (χ1n) is 6.90. The minimum absolute atomic E-state index is 0.00902. The quantitative estimate of drug-likeness (QED) is 0.634. The SMILES string of the molecule is Cn1c(=NC(=O)c2ccccc2S(C)(=O)=O)sc2cc(Br)ccc21. The largest absolute Gasteiger partial charge is 0.319 e. The fraction of sp³-hybridized carbons (Fsp3) is 0.125. The molecule has 1 heterocycles. The second-order valence-corrected chi connectivity index (χ2v) is 9.15. The number of nitrogens with zero attached hydrogens (tertiary/aromatic N) is 2. The second-order valence-electron chi connectivity index (χ2n) is 5.24. The molecule has 0 saturated heterocycles. The molecule has 1 aromatic heterocycles. The van der Waals surface area contributed by atoms with E-state index in [9.17, 15) is 13.2 Å². The maximum absolute atomic E-state index is 12.5. The number of aryl methyl sites for hydroxylation is 1. The lowest BCUT2D eigenvalue weighted by Gasteiger charge is -2.03. The van der Waals surface area contributed by atoms with Crippen molar-refractivity contribution in [1.29, 1.82) is 0 Å². The van der Waals surface area contributed by atoms with Crippen molar-refractivity contribution < 1.29 is 13.2 Å². The number of fused-ring (bicyclic) bond motifs is 1. The van der Waals surface area contributed by atoms with Crippen LogP contribution < -0.4 is 4.80 Å². The first-order valence-corrected chi connectivity index (χ1v) is 10.4. The Morgan fingerprint density at radius 2 is 1.92 bits per heavy atom. The minimum Gasteiger partial charge on any atom is -0.319 e. The smallest absolute Gasteiger partial charge is 0.280 e. The molecule has 0 aliphatic carbocycles. The normalized spacial score (nSPS) is 12.7. The van der Waals surface area contributed by atoms with Crippen LogP contribution in [0.25, 0.3) is 10.2 Å². The summed E-state index contributed by atoms with van der Waals surface area (Å²) in [6, 6.07) is 11.9. The van der Waals surface area contributed by atoms with E-state index < -0.39 is 15.7 Å². The number of thiazole rings is 1. The Morgan fingerprint density at radius 3 is 2.62 bits per heavy atom. The highest BCUT2D eigenvalue weighted by Gasteiger charge is 2.18. The van der Waals surface area contributed by atoms with Crippen LogP contribution in [0.3, 0.4) is 0 Å². The van der Waals surface area contributed by atoms with E-state index >= 15 is 0 Å². The van der Waals surface area contributed by atoms with E-state index in [1.165, 1.54) is 23.5 Å². The van der Waals surface area contributed by atoms with E-state index in [1.54, 1.807) is 12.1 Å². The minimum atomic E-state index is -3.50. The molecular formula is C16H13BrN2O3S2. The number of rotatable bonds is 2. The van der Waals surface area contributed by atoms with E-state index in [-0.39, 0.29) is 10.5 Å². The van der Waals surface area contributed by atoms with Crippen LogP contribution in [-0.4, -0.2) is 25.1 Å². The lowest BCUT2D eigenvalue weighted by Crippen LogP contribution is -2.14. The van der Waals surface area contributed by atoms with Gasteiger partial charge in [-0.05, 0) is 30.3 Å². The Labute approximate surface area is 151 Å². The number of amides is 1. The first kappa shape index (κ1) is 17.1. The van der Waals surface area contributed by atoms with Crippen molar-refractivity contribution in [2.45, 2.75) is 4.90 Å². The predicted molar refractivity (Wildman–Crippen MR) is 97.9 cm³/mol. The molecule has 2 aromatic carbocycles. The third kappa shape index (κ3) is 3.22. The molecule has 0 bridgehead atoms. The van der Waals surface area contributed by atoms with Crippen molar-refractivity contribution in [3.05, 3.63) is 57.3 Å². The van der Waals surface area contributed by atoms with Crippen LogP contribution in [0, 0.1) is 0 Å². The zero-order valence-corrected chi connectivity index (χ0v) is 16.1. The average Bonchev–Trinajstić information content (AvgIpc) is 2.82. The van der Waals surface area contributed by atoms with Gasteiger partial charge in [0, 0.05) is 17.8 Å². The zero-order valence-electron chi connectivity index (χ0n) is 12.9. The molecule has 0 radical (unpaired) electrons. The van der Waals surface area contributed by atoms with Gasteiger partial charge in [-0.15, -0.1) is 0 Å². The Morgan fingerprint density at radius 1 is 1.21 bits per heavy atom. The maximum Gasteiger partial charge on any atom is 0.280 e. The van der Waals surface area contributed by atoms with Gasteiger partial charge in [0.15, 0.2) is 14.6 Å². The third-order valence-electron chi connectivity index (χ3n) is 3.49. The Balaban J connectivity index is 2.17. The van der Waals surface area contributed by atoms with Gasteiger partial charge in [0.1, 0.15) is 0 Å². The van der Waals surface area contributed by atoms with Crippen LogP contribution in [0.2, 0.25) is 0 Å². The second kappa shape index (κ2) is 6.27. The number of hydrogen-bond acceptors (Lipinski definition) is 4. The van der Waals surface area contributed by atoms with Crippen LogP contribution in [0.1, 0.15) is 10.4 Å². The first-order chi connectivity index (χ1) is 11.3. The van der Waals surface area contributed by atoms with Crippen LogP contribution in [0.15, 0.2) is 56.8 Å². The van der Waals surface area contributed by atoms with Gasteiger partial charge in [0.25, 0.3) is 5.91 Å². The van der Waals surface area contributed by atoms with Crippen molar-refractivity contribution in [2.24, 2.45) is 12.0 Å². The molecule has 0 saturated carbocycles. The molecule has 0 fully saturated rings. The van der Waals surface area contributed by atoms with E-state index in [1.807, 2.05) is 29.8 Å². The molecule has 0 spiro atoms. The van der Waals surface area contributed by atoms with Gasteiger partial charge in [-0.1, -0.05) is 39.4 Å². The highest BCUT2D eigenvalue weighted by molar-refractivity contribution is 9.10. The molecule has 3 aromatic rings. The van der Waals surface area contributed by atoms with Crippen LogP contribution in [0.5, 0.6) is 0 Å². The Bertz CT molecular complexity index is 1130. The summed E-state index contributed by atoms with van der Waals surface area (Å²) in [6.07, 6.45) is 1.08. The number of aromatic nitrogens is 1. The maximum atomic E-state index is 12.5. The molecule has 0 aliphatic heterocycles. The van der Waals surface area contributed by atoms with E-state index in [2.05, 4.69) is 20.9 Å². The van der Waals surface area contributed by atoms with Gasteiger partial charge in [0.2, 0.25) is 0 Å². The summed E-state index contributed by atoms with van der Waals surface area (Å²) >= 11 is 4.79. The average molecular weight is 425 g/mol. The molecule has 8 heteroatoms. The molecule has 1 amide bonds. The van der Waals surface area contributed by atoms with Gasteiger partial charge in [-0.3, -0.25) is 4.79 Å². The van der Waals surface area contributed by atoms with Crippen molar-refractivity contribution >= 4 is 53.2 Å². The van der Waals surface area contributed by atoms with Gasteiger partial charge >= 0.3 is 0 Å². The third-order valence-corrected chi connectivity index (χ3v) is 6.23. The fourth-order valence-electron chi connectivity index (χ4n) is 2.33. The molecule has 0 atom stereocenters. The van der Waals surface area contributed by atoms with Gasteiger partial charge in [0.05, 0.1) is 20.7 Å². The highest BCUT2D eigenvalue weighted by atomic mass is 79.9. The summed E-state index contributed by atoms with van der Waals surface area (Å²) < 4.78 is 27.4. The number of sulfone groups is 1. The molecule has 3 rings (SSSR count). The predicted octanol–water partition coefficient (Wildman–Crippen LogP) is 3.15. The number of carbonyl (C=O) groups excluding carboxylic acids is 1. The highest BCUT2D eigenvalue weighted by Crippen LogP contribution is 2.22. The zero-order chi connectivity index (χ0) is 17.5. The molecule has 124 valence electrons. The Kier molecular flexibility index (Phi) is 4.46. The van der Waals surface area contributed by atoms with E-state index in [0.717, 1.165) is 20.9 Å².